The highest BCUT2D eigenvalue weighted by molar-refractivity contribution is 7.52. The Morgan fingerprint density at radius 2 is 1.31 bits per heavy atom. The SMILES string of the molecule is COP(=O)(Cc1cc(C)c(C(C)(C)CCO[Si](C)(C)C(C)(C)C)c(O[Si](C)(C)C(C)(C)C)c1)OC. The van der Waals surface area contributed by atoms with Crippen molar-refractivity contribution in [3.05, 3.63) is 28.8 Å². The molecule has 0 saturated carbocycles. The second-order valence-corrected chi connectivity index (χ2v) is 25.3. The van der Waals surface area contributed by atoms with E-state index in [1.165, 1.54) is 19.8 Å². The van der Waals surface area contributed by atoms with Crippen LogP contribution in [0, 0.1) is 6.92 Å². The van der Waals surface area contributed by atoms with Crippen molar-refractivity contribution in [2.75, 3.05) is 20.8 Å². The molecule has 0 N–H and O–H groups in total. The average molecular weight is 545 g/mol. The van der Waals surface area contributed by atoms with Crippen molar-refractivity contribution in [1.82, 2.24) is 0 Å². The average Bonchev–Trinajstić information content (AvgIpc) is 2.64. The molecule has 5 nitrogen and oxygen atoms in total. The smallest absolute Gasteiger partial charge is 0.334 e. The van der Waals surface area contributed by atoms with Crippen molar-refractivity contribution in [3.8, 4) is 5.75 Å². The van der Waals surface area contributed by atoms with Gasteiger partial charge in [-0.15, -0.1) is 0 Å². The number of benzene rings is 1. The lowest BCUT2D eigenvalue weighted by molar-refractivity contribution is 0.249. The quantitative estimate of drug-likeness (QED) is 0.205. The molecule has 1 aromatic carbocycles. The molecular weight excluding hydrogens is 491 g/mol. The lowest BCUT2D eigenvalue weighted by Crippen LogP contribution is -2.44. The van der Waals surface area contributed by atoms with Gasteiger partial charge in [-0.05, 0) is 72.2 Å². The number of hydrogen-bond donors (Lipinski definition) is 0. The van der Waals surface area contributed by atoms with Crippen LogP contribution < -0.4 is 4.43 Å². The summed E-state index contributed by atoms with van der Waals surface area (Å²) in [6.45, 7) is 30.1. The molecule has 0 saturated heterocycles. The van der Waals surface area contributed by atoms with E-state index in [-0.39, 0.29) is 21.7 Å². The van der Waals surface area contributed by atoms with Gasteiger partial charge in [0, 0.05) is 26.4 Å². The first kappa shape index (κ1) is 32.6. The normalized spacial score (nSPS) is 14.4. The zero-order valence-electron chi connectivity index (χ0n) is 25.3. The Morgan fingerprint density at radius 1 is 0.829 bits per heavy atom. The highest BCUT2D eigenvalue weighted by atomic mass is 31.2. The topological polar surface area (TPSA) is 54.0 Å². The van der Waals surface area contributed by atoms with Gasteiger partial charge in [0.1, 0.15) is 5.75 Å². The second kappa shape index (κ2) is 11.1. The van der Waals surface area contributed by atoms with Crippen molar-refractivity contribution in [2.45, 2.75) is 117 Å². The molecule has 0 amide bonds. The van der Waals surface area contributed by atoms with Crippen molar-refractivity contribution >= 4 is 24.2 Å². The van der Waals surface area contributed by atoms with Crippen LogP contribution in [0.3, 0.4) is 0 Å². The monoisotopic (exact) mass is 544 g/mol. The molecule has 0 heterocycles. The van der Waals surface area contributed by atoms with E-state index in [2.05, 4.69) is 101 Å². The predicted octanol–water partition coefficient (Wildman–Crippen LogP) is 9.05. The summed E-state index contributed by atoms with van der Waals surface area (Å²) >= 11 is 0. The van der Waals surface area contributed by atoms with Gasteiger partial charge < -0.3 is 17.9 Å². The molecule has 0 bridgehead atoms. The lowest BCUT2D eigenvalue weighted by Gasteiger charge is -2.40. The molecule has 204 valence electrons. The van der Waals surface area contributed by atoms with Crippen molar-refractivity contribution < 1.29 is 22.5 Å². The van der Waals surface area contributed by atoms with E-state index in [0.29, 0.717) is 6.61 Å². The van der Waals surface area contributed by atoms with E-state index in [9.17, 15) is 4.57 Å². The third kappa shape index (κ3) is 8.28. The maximum Gasteiger partial charge on any atom is 0.334 e. The molecule has 0 aliphatic heterocycles. The molecule has 0 aliphatic carbocycles. The Bertz CT molecular complexity index is 903. The van der Waals surface area contributed by atoms with Gasteiger partial charge in [-0.2, -0.15) is 0 Å². The van der Waals surface area contributed by atoms with Crippen molar-refractivity contribution in [3.63, 3.8) is 0 Å². The second-order valence-electron chi connectivity index (χ2n) is 13.5. The lowest BCUT2D eigenvalue weighted by atomic mass is 9.78. The molecule has 1 aromatic rings. The molecule has 0 radical (unpaired) electrons. The summed E-state index contributed by atoms with van der Waals surface area (Å²) in [7, 11) is -4.27. The van der Waals surface area contributed by atoms with Gasteiger partial charge in [-0.3, -0.25) is 4.57 Å². The molecular formula is C27H53O5PSi2. The maximum absolute atomic E-state index is 12.9. The summed E-state index contributed by atoms with van der Waals surface area (Å²) in [5, 5.41) is 0.236. The molecule has 0 aromatic heterocycles. The van der Waals surface area contributed by atoms with Crippen LogP contribution in [0.15, 0.2) is 12.1 Å². The van der Waals surface area contributed by atoms with E-state index >= 15 is 0 Å². The fraction of sp³-hybridized carbons (Fsp3) is 0.778. The van der Waals surface area contributed by atoms with Crippen LogP contribution in [-0.4, -0.2) is 37.5 Å². The Kier molecular flexibility index (Phi) is 10.4. The summed E-state index contributed by atoms with van der Waals surface area (Å²) in [6, 6.07) is 4.17. The third-order valence-electron chi connectivity index (χ3n) is 8.14. The van der Waals surface area contributed by atoms with Crippen LogP contribution in [0.4, 0.5) is 0 Å². The van der Waals surface area contributed by atoms with Gasteiger partial charge >= 0.3 is 7.60 Å². The molecule has 0 unspecified atom stereocenters. The maximum atomic E-state index is 12.9. The highest BCUT2D eigenvalue weighted by Gasteiger charge is 2.41. The predicted molar refractivity (Wildman–Crippen MR) is 155 cm³/mol. The molecule has 1 rings (SSSR count). The van der Waals surface area contributed by atoms with E-state index in [0.717, 1.165) is 23.3 Å². The summed E-state index contributed by atoms with van der Waals surface area (Å²) < 4.78 is 36.8. The van der Waals surface area contributed by atoms with Crippen LogP contribution in [0.1, 0.15) is 78.5 Å². The van der Waals surface area contributed by atoms with E-state index < -0.39 is 24.2 Å². The minimum atomic E-state index is -3.19. The Hall–Kier alpha value is -0.436. The van der Waals surface area contributed by atoms with Gasteiger partial charge in [0.05, 0.1) is 6.16 Å². The first-order valence-corrected chi connectivity index (χ1v) is 20.2. The van der Waals surface area contributed by atoms with E-state index in [1.807, 2.05) is 0 Å². The van der Waals surface area contributed by atoms with Crippen LogP contribution >= 0.6 is 7.60 Å². The minimum Gasteiger partial charge on any atom is -0.543 e. The van der Waals surface area contributed by atoms with Crippen LogP contribution in [0.5, 0.6) is 5.75 Å². The molecule has 0 spiro atoms. The van der Waals surface area contributed by atoms with Crippen molar-refractivity contribution in [2.24, 2.45) is 0 Å². The zero-order valence-corrected chi connectivity index (χ0v) is 28.2. The first-order chi connectivity index (χ1) is 15.5. The van der Waals surface area contributed by atoms with Gasteiger partial charge in [-0.1, -0.05) is 61.5 Å². The molecule has 0 aliphatic rings. The molecule has 35 heavy (non-hydrogen) atoms. The molecule has 8 heteroatoms. The third-order valence-corrected chi connectivity index (χ3v) is 18.9. The Labute approximate surface area is 218 Å². The minimum absolute atomic E-state index is 0.0537. The first-order valence-electron chi connectivity index (χ1n) is 12.7. The molecule has 0 fully saturated rings. The van der Waals surface area contributed by atoms with Crippen LogP contribution in [0.25, 0.3) is 0 Å². The van der Waals surface area contributed by atoms with Crippen LogP contribution in [0.2, 0.25) is 36.3 Å². The fourth-order valence-corrected chi connectivity index (χ4v) is 6.72. The van der Waals surface area contributed by atoms with Crippen molar-refractivity contribution in [1.29, 1.82) is 0 Å². The largest absolute Gasteiger partial charge is 0.543 e. The Balaban J connectivity index is 3.49. The summed E-state index contributed by atoms with van der Waals surface area (Å²) in [5.41, 5.74) is 3.08. The summed E-state index contributed by atoms with van der Waals surface area (Å²) in [5.74, 6) is 0.891. The van der Waals surface area contributed by atoms with Gasteiger partial charge in [-0.25, -0.2) is 0 Å². The van der Waals surface area contributed by atoms with E-state index in [1.54, 1.807) is 0 Å². The summed E-state index contributed by atoms with van der Waals surface area (Å²) in [4.78, 5) is 0. The zero-order chi connectivity index (χ0) is 27.7. The summed E-state index contributed by atoms with van der Waals surface area (Å²) in [6.07, 6.45) is 1.10. The van der Waals surface area contributed by atoms with Gasteiger partial charge in [0.25, 0.3) is 0 Å². The number of aryl methyl sites for hydroxylation is 1. The van der Waals surface area contributed by atoms with Gasteiger partial charge in [0.2, 0.25) is 8.32 Å². The Morgan fingerprint density at radius 3 is 1.74 bits per heavy atom. The fourth-order valence-electron chi connectivity index (χ4n) is 3.62. The standard InChI is InChI=1S/C27H53O5PSi2/c1-21-18-22(20-33(28,29-10)30-11)19-23(32-35(14,15)26(5,6)7)24(21)27(8,9)16-17-31-34(12,13)25(2,3)4/h18-19H,16-17,20H2,1-15H3. The van der Waals surface area contributed by atoms with E-state index in [4.69, 9.17) is 17.9 Å². The molecule has 0 atom stereocenters. The number of hydrogen-bond acceptors (Lipinski definition) is 5. The van der Waals surface area contributed by atoms with Crippen LogP contribution in [-0.2, 0) is 29.6 Å². The van der Waals surface area contributed by atoms with Gasteiger partial charge in [0.15, 0.2) is 8.32 Å². The number of rotatable bonds is 11. The highest BCUT2D eigenvalue weighted by Crippen LogP contribution is 2.51.